The van der Waals surface area contributed by atoms with E-state index in [1.54, 1.807) is 0 Å². The average Bonchev–Trinajstić information content (AvgIpc) is 3.33. The Morgan fingerprint density at radius 1 is 1.12 bits per heavy atom. The monoisotopic (exact) mass is 358 g/mol. The van der Waals surface area contributed by atoms with Crippen LogP contribution in [0.25, 0.3) is 0 Å². The van der Waals surface area contributed by atoms with Gasteiger partial charge in [-0.15, -0.1) is 0 Å². The van der Waals surface area contributed by atoms with Gasteiger partial charge in [-0.25, -0.2) is 0 Å². The third kappa shape index (κ3) is 3.90. The Morgan fingerprint density at radius 3 is 2.69 bits per heavy atom. The lowest BCUT2D eigenvalue weighted by atomic mass is 9.95. The standard InChI is InChI=1S/C20H30N4O2/c1-21-19(22-9-12-24-10-3-2-4-11-24)23-14-20(7-8-20)16-5-6-17-18(13-16)26-15-25-17/h5-6,13H,2-4,7-12,14-15H2,1H3,(H2,21,22,23). The second kappa shape index (κ2) is 7.74. The molecule has 26 heavy (non-hydrogen) atoms. The van der Waals surface area contributed by atoms with Crippen LogP contribution in [0.5, 0.6) is 11.5 Å². The first kappa shape index (κ1) is 17.5. The number of nitrogens with zero attached hydrogens (tertiary/aromatic N) is 2. The molecule has 0 amide bonds. The summed E-state index contributed by atoms with van der Waals surface area (Å²) in [7, 11) is 1.84. The van der Waals surface area contributed by atoms with Crippen molar-refractivity contribution in [1.29, 1.82) is 0 Å². The summed E-state index contributed by atoms with van der Waals surface area (Å²) < 4.78 is 11.0. The summed E-state index contributed by atoms with van der Waals surface area (Å²) in [5, 5.41) is 6.99. The molecule has 0 spiro atoms. The number of rotatable bonds is 6. The Balaban J connectivity index is 1.26. The molecule has 3 aliphatic rings. The molecule has 4 rings (SSSR count). The SMILES string of the molecule is CN=C(NCCN1CCCCC1)NCC1(c2ccc3c(c2)OCO3)CC1. The van der Waals surface area contributed by atoms with E-state index in [2.05, 4.69) is 32.7 Å². The number of nitrogens with one attached hydrogen (secondary N) is 2. The normalized spacial score (nSPS) is 21.5. The minimum absolute atomic E-state index is 0.200. The van der Waals surface area contributed by atoms with Crippen LogP contribution in [0.3, 0.4) is 0 Å². The Labute approximate surface area is 156 Å². The Hall–Kier alpha value is -1.95. The highest BCUT2D eigenvalue weighted by Crippen LogP contribution is 2.49. The van der Waals surface area contributed by atoms with Crippen LogP contribution in [-0.2, 0) is 5.41 Å². The van der Waals surface area contributed by atoms with Crippen LogP contribution >= 0.6 is 0 Å². The Kier molecular flexibility index (Phi) is 5.20. The molecular formula is C20H30N4O2. The van der Waals surface area contributed by atoms with Gasteiger partial charge in [0.05, 0.1) is 0 Å². The number of ether oxygens (including phenoxy) is 2. The summed E-state index contributed by atoms with van der Waals surface area (Å²) in [4.78, 5) is 6.92. The molecule has 142 valence electrons. The second-order valence-electron chi connectivity index (χ2n) is 7.60. The molecule has 6 nitrogen and oxygen atoms in total. The van der Waals surface area contributed by atoms with Crippen LogP contribution in [0, 0.1) is 0 Å². The highest BCUT2D eigenvalue weighted by Gasteiger charge is 2.44. The minimum Gasteiger partial charge on any atom is -0.454 e. The molecule has 1 aliphatic carbocycles. The maximum Gasteiger partial charge on any atom is 0.231 e. The van der Waals surface area contributed by atoms with Gasteiger partial charge in [0.15, 0.2) is 17.5 Å². The van der Waals surface area contributed by atoms with E-state index in [1.807, 2.05) is 13.1 Å². The van der Waals surface area contributed by atoms with Gasteiger partial charge < -0.3 is 25.0 Å². The summed E-state index contributed by atoms with van der Waals surface area (Å²) in [6.45, 7) is 5.74. The van der Waals surface area contributed by atoms with E-state index in [0.29, 0.717) is 6.79 Å². The highest BCUT2D eigenvalue weighted by atomic mass is 16.7. The van der Waals surface area contributed by atoms with Crippen LogP contribution in [0.4, 0.5) is 0 Å². The van der Waals surface area contributed by atoms with Gasteiger partial charge in [-0.2, -0.15) is 0 Å². The lowest BCUT2D eigenvalue weighted by Crippen LogP contribution is -2.44. The van der Waals surface area contributed by atoms with E-state index in [4.69, 9.17) is 9.47 Å². The van der Waals surface area contributed by atoms with Crippen molar-refractivity contribution >= 4 is 5.96 Å². The zero-order valence-electron chi connectivity index (χ0n) is 15.7. The Morgan fingerprint density at radius 2 is 1.92 bits per heavy atom. The molecule has 1 aromatic carbocycles. The summed E-state index contributed by atoms with van der Waals surface area (Å²) in [6.07, 6.45) is 6.46. The largest absolute Gasteiger partial charge is 0.454 e. The first-order chi connectivity index (χ1) is 12.8. The minimum atomic E-state index is 0.200. The number of aliphatic imine (C=N–C) groups is 1. The molecule has 1 aromatic rings. The quantitative estimate of drug-likeness (QED) is 0.602. The highest BCUT2D eigenvalue weighted by molar-refractivity contribution is 5.79. The van der Waals surface area contributed by atoms with Crippen LogP contribution in [-0.4, -0.2) is 57.4 Å². The van der Waals surface area contributed by atoms with Crippen LogP contribution in [0.15, 0.2) is 23.2 Å². The van der Waals surface area contributed by atoms with Crippen LogP contribution < -0.4 is 20.1 Å². The fraction of sp³-hybridized carbons (Fsp3) is 0.650. The predicted molar refractivity (Wildman–Crippen MR) is 103 cm³/mol. The van der Waals surface area contributed by atoms with Crippen LogP contribution in [0.2, 0.25) is 0 Å². The topological polar surface area (TPSA) is 58.1 Å². The molecule has 1 saturated heterocycles. The fourth-order valence-corrected chi connectivity index (χ4v) is 3.93. The molecule has 0 unspecified atom stereocenters. The second-order valence-corrected chi connectivity index (χ2v) is 7.60. The number of likely N-dealkylation sites (tertiary alicyclic amines) is 1. The van der Waals surface area contributed by atoms with E-state index in [0.717, 1.165) is 37.1 Å². The third-order valence-corrected chi connectivity index (χ3v) is 5.83. The van der Waals surface area contributed by atoms with E-state index < -0.39 is 0 Å². The summed E-state index contributed by atoms with van der Waals surface area (Å²) in [5.41, 5.74) is 1.53. The molecule has 0 aromatic heterocycles. The number of piperidine rings is 1. The van der Waals surface area contributed by atoms with Crippen molar-refractivity contribution in [3.05, 3.63) is 23.8 Å². The fourth-order valence-electron chi connectivity index (χ4n) is 3.93. The summed E-state index contributed by atoms with van der Waals surface area (Å²) in [5.74, 6) is 2.62. The molecule has 0 radical (unpaired) electrons. The Bertz CT molecular complexity index is 651. The van der Waals surface area contributed by atoms with Crippen LogP contribution in [0.1, 0.15) is 37.7 Å². The first-order valence-corrected chi connectivity index (χ1v) is 9.86. The van der Waals surface area contributed by atoms with Crippen molar-refractivity contribution in [2.24, 2.45) is 4.99 Å². The maximum atomic E-state index is 5.54. The zero-order chi connectivity index (χ0) is 17.8. The van der Waals surface area contributed by atoms with E-state index in [-0.39, 0.29) is 5.41 Å². The maximum absolute atomic E-state index is 5.54. The van der Waals surface area contributed by atoms with Gasteiger partial charge in [-0.3, -0.25) is 4.99 Å². The molecule has 2 heterocycles. The van der Waals surface area contributed by atoms with Gasteiger partial charge in [0, 0.05) is 32.1 Å². The number of benzene rings is 1. The predicted octanol–water partition coefficient (Wildman–Crippen LogP) is 2.10. The summed E-state index contributed by atoms with van der Waals surface area (Å²) >= 11 is 0. The van der Waals surface area contributed by atoms with E-state index >= 15 is 0 Å². The molecule has 2 aliphatic heterocycles. The third-order valence-electron chi connectivity index (χ3n) is 5.83. The smallest absolute Gasteiger partial charge is 0.231 e. The first-order valence-electron chi connectivity index (χ1n) is 9.86. The van der Waals surface area contributed by atoms with Gasteiger partial charge in [0.2, 0.25) is 6.79 Å². The number of hydrogen-bond donors (Lipinski definition) is 2. The molecule has 0 atom stereocenters. The number of guanidine groups is 1. The van der Waals surface area contributed by atoms with Gasteiger partial charge in [-0.05, 0) is 56.5 Å². The van der Waals surface area contributed by atoms with E-state index in [9.17, 15) is 0 Å². The van der Waals surface area contributed by atoms with Crippen molar-refractivity contribution in [3.63, 3.8) is 0 Å². The molecule has 2 N–H and O–H groups in total. The van der Waals surface area contributed by atoms with Crippen molar-refractivity contribution in [1.82, 2.24) is 15.5 Å². The zero-order valence-corrected chi connectivity index (χ0v) is 15.7. The van der Waals surface area contributed by atoms with Crippen molar-refractivity contribution in [2.45, 2.75) is 37.5 Å². The molecule has 1 saturated carbocycles. The van der Waals surface area contributed by atoms with Gasteiger partial charge >= 0.3 is 0 Å². The molecular weight excluding hydrogens is 328 g/mol. The summed E-state index contributed by atoms with van der Waals surface area (Å²) in [6, 6.07) is 6.35. The lowest BCUT2D eigenvalue weighted by Gasteiger charge is -2.27. The van der Waals surface area contributed by atoms with Gasteiger partial charge in [0.25, 0.3) is 0 Å². The van der Waals surface area contributed by atoms with Crippen molar-refractivity contribution < 1.29 is 9.47 Å². The van der Waals surface area contributed by atoms with Crippen molar-refractivity contribution in [3.8, 4) is 11.5 Å². The number of fused-ring (bicyclic) bond motifs is 1. The molecule has 6 heteroatoms. The van der Waals surface area contributed by atoms with Crippen molar-refractivity contribution in [2.75, 3.05) is 46.6 Å². The average molecular weight is 358 g/mol. The molecule has 2 fully saturated rings. The van der Waals surface area contributed by atoms with E-state index in [1.165, 1.54) is 50.8 Å². The number of hydrogen-bond acceptors (Lipinski definition) is 4. The lowest BCUT2D eigenvalue weighted by molar-refractivity contribution is 0.174. The van der Waals surface area contributed by atoms with Gasteiger partial charge in [-0.1, -0.05) is 12.5 Å². The molecule has 0 bridgehead atoms. The van der Waals surface area contributed by atoms with Gasteiger partial charge in [0.1, 0.15) is 0 Å².